The molecule has 3 aromatic rings. The van der Waals surface area contributed by atoms with Crippen molar-refractivity contribution < 1.29 is 14.0 Å². The Labute approximate surface area is 197 Å². The van der Waals surface area contributed by atoms with Crippen molar-refractivity contribution in [3.05, 3.63) is 83.1 Å². The predicted molar refractivity (Wildman–Crippen MR) is 130 cm³/mol. The first-order chi connectivity index (χ1) is 16.0. The van der Waals surface area contributed by atoms with E-state index in [1.165, 1.54) is 24.3 Å². The maximum absolute atomic E-state index is 13.4. The molecule has 1 aliphatic rings. The topological polar surface area (TPSA) is 53.5 Å². The first-order valence-electron chi connectivity index (χ1n) is 11.0. The van der Waals surface area contributed by atoms with Crippen LogP contribution in [0.2, 0.25) is 0 Å². The van der Waals surface area contributed by atoms with Crippen molar-refractivity contribution in [3.8, 4) is 0 Å². The highest BCUT2D eigenvalue weighted by atomic mass is 32.1. The van der Waals surface area contributed by atoms with Gasteiger partial charge in [0, 0.05) is 31.5 Å². The van der Waals surface area contributed by atoms with E-state index in [4.69, 9.17) is 0 Å². The fourth-order valence-corrected chi connectivity index (χ4v) is 4.93. The molecule has 1 saturated heterocycles. The minimum atomic E-state index is -0.203. The summed E-state index contributed by atoms with van der Waals surface area (Å²) in [4.78, 5) is 32.8. The summed E-state index contributed by atoms with van der Waals surface area (Å²) in [5.41, 5.74) is 2.41. The quantitative estimate of drug-likeness (QED) is 0.456. The molecule has 5 nitrogen and oxygen atoms in total. The molecule has 0 spiro atoms. The molecule has 0 unspecified atom stereocenters. The van der Waals surface area contributed by atoms with Crippen LogP contribution < -0.4 is 4.90 Å². The Balaban J connectivity index is 1.33. The molecule has 33 heavy (non-hydrogen) atoms. The molecule has 0 radical (unpaired) electrons. The molecule has 0 bridgehead atoms. The van der Waals surface area contributed by atoms with Crippen LogP contribution in [0.25, 0.3) is 6.08 Å². The van der Waals surface area contributed by atoms with Crippen LogP contribution >= 0.6 is 11.3 Å². The molecular formula is C26H26FN3O2S. The average Bonchev–Trinajstić information content (AvgIpc) is 3.27. The number of thiazole rings is 1. The van der Waals surface area contributed by atoms with Gasteiger partial charge in [0.1, 0.15) is 5.82 Å². The summed E-state index contributed by atoms with van der Waals surface area (Å²) in [6.07, 6.45) is 5.89. The van der Waals surface area contributed by atoms with Gasteiger partial charge >= 0.3 is 0 Å². The number of para-hydroxylation sites is 1. The Bertz CT molecular complexity index is 1140. The van der Waals surface area contributed by atoms with E-state index in [1.807, 2.05) is 46.7 Å². The van der Waals surface area contributed by atoms with Crippen LogP contribution in [0.3, 0.4) is 0 Å². The van der Waals surface area contributed by atoms with Crippen molar-refractivity contribution in [2.75, 3.05) is 18.0 Å². The summed E-state index contributed by atoms with van der Waals surface area (Å²) in [5.74, 6) is 0.0885. The molecule has 1 aliphatic heterocycles. The Kier molecular flexibility index (Phi) is 7.29. The molecular weight excluding hydrogens is 437 g/mol. The van der Waals surface area contributed by atoms with E-state index in [9.17, 15) is 14.0 Å². The maximum Gasteiger partial charge on any atom is 0.246 e. The number of benzene rings is 2. The van der Waals surface area contributed by atoms with Crippen LogP contribution in [0.15, 0.2) is 66.1 Å². The third-order valence-electron chi connectivity index (χ3n) is 5.77. The van der Waals surface area contributed by atoms with E-state index in [1.54, 1.807) is 29.2 Å². The molecule has 0 atom stereocenters. The number of hydrogen-bond donors (Lipinski definition) is 0. The van der Waals surface area contributed by atoms with Gasteiger partial charge in [-0.2, -0.15) is 0 Å². The molecule has 1 aromatic heterocycles. The van der Waals surface area contributed by atoms with Gasteiger partial charge in [0.25, 0.3) is 0 Å². The lowest BCUT2D eigenvalue weighted by molar-refractivity contribution is -0.127. The number of nitrogens with zero attached hydrogens (tertiary/aromatic N) is 3. The molecule has 7 heteroatoms. The third kappa shape index (κ3) is 5.93. The number of hydrogen-bond acceptors (Lipinski definition) is 4. The Morgan fingerprint density at radius 3 is 2.61 bits per heavy atom. The largest absolute Gasteiger partial charge is 0.339 e. The fourth-order valence-electron chi connectivity index (χ4n) is 4.08. The highest BCUT2D eigenvalue weighted by Crippen LogP contribution is 2.29. The molecule has 2 aromatic carbocycles. The van der Waals surface area contributed by atoms with Gasteiger partial charge in [0.15, 0.2) is 5.13 Å². The minimum absolute atomic E-state index is 0.0414. The van der Waals surface area contributed by atoms with E-state index in [0.29, 0.717) is 29.8 Å². The standard InChI is InChI=1S/C26H26FN3O2S/c1-19(31)30(24-8-3-2-4-9-24)26-28-23(18-33-26)10-11-25(32)29-14-12-20(13-15-29)16-21-6-5-7-22(27)17-21/h2-11,17-18,20H,12-16H2,1H3/b11-10+. The summed E-state index contributed by atoms with van der Waals surface area (Å²) >= 11 is 1.36. The van der Waals surface area contributed by atoms with Gasteiger partial charge in [-0.3, -0.25) is 14.5 Å². The Hall–Kier alpha value is -3.32. The van der Waals surface area contributed by atoms with Crippen molar-refractivity contribution in [3.63, 3.8) is 0 Å². The number of amides is 2. The van der Waals surface area contributed by atoms with Crippen molar-refractivity contribution >= 4 is 40.0 Å². The molecule has 0 aliphatic carbocycles. The van der Waals surface area contributed by atoms with Crippen LogP contribution in [0.1, 0.15) is 31.0 Å². The van der Waals surface area contributed by atoms with E-state index < -0.39 is 0 Å². The van der Waals surface area contributed by atoms with E-state index in [-0.39, 0.29) is 17.6 Å². The highest BCUT2D eigenvalue weighted by molar-refractivity contribution is 7.14. The number of carbonyl (C=O) groups is 2. The maximum atomic E-state index is 13.4. The normalized spacial score (nSPS) is 14.5. The third-order valence-corrected chi connectivity index (χ3v) is 6.61. The van der Waals surface area contributed by atoms with Gasteiger partial charge in [-0.25, -0.2) is 9.37 Å². The lowest BCUT2D eigenvalue weighted by Gasteiger charge is -2.31. The van der Waals surface area contributed by atoms with Crippen LogP contribution in [0.5, 0.6) is 0 Å². The first kappa shape index (κ1) is 22.9. The summed E-state index contributed by atoms with van der Waals surface area (Å²) < 4.78 is 13.4. The van der Waals surface area contributed by atoms with Gasteiger partial charge in [0.05, 0.1) is 11.4 Å². The van der Waals surface area contributed by atoms with Crippen LogP contribution in [0.4, 0.5) is 15.2 Å². The molecule has 1 fully saturated rings. The van der Waals surface area contributed by atoms with E-state index in [0.717, 1.165) is 30.5 Å². The molecule has 4 rings (SSSR count). The van der Waals surface area contributed by atoms with Crippen LogP contribution in [-0.4, -0.2) is 34.8 Å². The number of rotatable bonds is 6. The number of piperidine rings is 1. The van der Waals surface area contributed by atoms with E-state index >= 15 is 0 Å². The van der Waals surface area contributed by atoms with Crippen molar-refractivity contribution in [2.45, 2.75) is 26.2 Å². The van der Waals surface area contributed by atoms with Crippen molar-refractivity contribution in [1.29, 1.82) is 0 Å². The van der Waals surface area contributed by atoms with Gasteiger partial charge < -0.3 is 4.90 Å². The molecule has 0 N–H and O–H groups in total. The highest BCUT2D eigenvalue weighted by Gasteiger charge is 2.22. The number of aromatic nitrogens is 1. The molecule has 2 amide bonds. The summed E-state index contributed by atoms with van der Waals surface area (Å²) in [5, 5.41) is 2.41. The average molecular weight is 464 g/mol. The number of halogens is 1. The lowest BCUT2D eigenvalue weighted by atomic mass is 9.90. The zero-order valence-corrected chi connectivity index (χ0v) is 19.3. The monoisotopic (exact) mass is 463 g/mol. The summed E-state index contributed by atoms with van der Waals surface area (Å²) in [6.45, 7) is 2.89. The first-order valence-corrected chi connectivity index (χ1v) is 11.9. The second-order valence-electron chi connectivity index (χ2n) is 8.18. The molecule has 0 saturated carbocycles. The second-order valence-corrected chi connectivity index (χ2v) is 9.02. The molecule has 2 heterocycles. The van der Waals surface area contributed by atoms with Gasteiger partial charge in [-0.05, 0) is 61.1 Å². The van der Waals surface area contributed by atoms with Gasteiger partial charge in [-0.1, -0.05) is 30.3 Å². The van der Waals surface area contributed by atoms with Crippen LogP contribution in [0, 0.1) is 11.7 Å². The number of likely N-dealkylation sites (tertiary alicyclic amines) is 1. The number of carbonyl (C=O) groups excluding carboxylic acids is 2. The van der Waals surface area contributed by atoms with Gasteiger partial charge in [-0.15, -0.1) is 11.3 Å². The van der Waals surface area contributed by atoms with Crippen molar-refractivity contribution in [2.24, 2.45) is 5.92 Å². The van der Waals surface area contributed by atoms with Crippen molar-refractivity contribution in [1.82, 2.24) is 9.88 Å². The molecule has 170 valence electrons. The summed E-state index contributed by atoms with van der Waals surface area (Å²) in [6, 6.07) is 16.1. The zero-order chi connectivity index (χ0) is 23.2. The lowest BCUT2D eigenvalue weighted by Crippen LogP contribution is -2.37. The second kappa shape index (κ2) is 10.5. The fraction of sp³-hybridized carbons (Fsp3) is 0.269. The number of anilines is 2. The SMILES string of the molecule is CC(=O)N(c1ccccc1)c1nc(/C=C/C(=O)N2CCC(Cc3cccc(F)c3)CC2)cs1. The summed E-state index contributed by atoms with van der Waals surface area (Å²) in [7, 11) is 0. The smallest absolute Gasteiger partial charge is 0.246 e. The van der Waals surface area contributed by atoms with Crippen LogP contribution in [-0.2, 0) is 16.0 Å². The minimum Gasteiger partial charge on any atom is -0.339 e. The van der Waals surface area contributed by atoms with Gasteiger partial charge in [0.2, 0.25) is 11.8 Å². The zero-order valence-electron chi connectivity index (χ0n) is 18.5. The Morgan fingerprint density at radius 1 is 1.15 bits per heavy atom. The Morgan fingerprint density at radius 2 is 1.91 bits per heavy atom. The van der Waals surface area contributed by atoms with E-state index in [2.05, 4.69) is 4.98 Å². The predicted octanol–water partition coefficient (Wildman–Crippen LogP) is 5.46.